The molecule has 8 heteroatoms. The van der Waals surface area contributed by atoms with Gasteiger partial charge in [0.25, 0.3) is 0 Å². The summed E-state index contributed by atoms with van der Waals surface area (Å²) < 4.78 is 24.9. The van der Waals surface area contributed by atoms with Crippen LogP contribution in [0.4, 0.5) is 4.39 Å². The quantitative estimate of drug-likeness (QED) is 0.347. The van der Waals surface area contributed by atoms with Crippen LogP contribution in [0.1, 0.15) is 29.7 Å². The molecule has 0 bridgehead atoms. The van der Waals surface area contributed by atoms with E-state index in [0.717, 1.165) is 5.56 Å². The number of phenolic OH excluding ortho intramolecular Hbond substituents is 1. The molecule has 0 aliphatic carbocycles. The maximum atomic E-state index is 14.4. The predicted molar refractivity (Wildman–Crippen MR) is 130 cm³/mol. The Morgan fingerprint density at radius 2 is 1.76 bits per heavy atom. The first kappa shape index (κ1) is 27.1. The lowest BCUT2D eigenvalue weighted by Gasteiger charge is -2.21. The van der Waals surface area contributed by atoms with E-state index in [1.54, 1.807) is 24.3 Å². The molecule has 3 aromatic carbocycles. The number of ether oxygens (including phenoxy) is 2. The predicted octanol–water partition coefficient (Wildman–Crippen LogP) is 4.33. The molecule has 0 saturated carbocycles. The Morgan fingerprint density at radius 1 is 1.06 bits per heavy atom. The molecule has 3 aromatic rings. The van der Waals surface area contributed by atoms with Crippen LogP contribution in [0, 0.1) is 5.82 Å². The van der Waals surface area contributed by atoms with Gasteiger partial charge in [0.2, 0.25) is 0 Å². The molecule has 6 nitrogen and oxygen atoms in total. The second kappa shape index (κ2) is 13.5. The lowest BCUT2D eigenvalue weighted by molar-refractivity contribution is -0.147. The normalized spacial score (nSPS) is 12.3. The van der Waals surface area contributed by atoms with E-state index in [2.05, 4.69) is 5.32 Å². The summed E-state index contributed by atoms with van der Waals surface area (Å²) in [5, 5.41) is 22.9. The van der Waals surface area contributed by atoms with Crippen LogP contribution in [0.25, 0.3) is 0 Å². The maximum Gasteiger partial charge on any atom is 0.344 e. The first-order valence-electron chi connectivity index (χ1n) is 10.7. The number of rotatable bonds is 11. The minimum absolute atomic E-state index is 0. The van der Waals surface area contributed by atoms with Gasteiger partial charge in [-0.1, -0.05) is 48.5 Å². The highest BCUT2D eigenvalue weighted by molar-refractivity contribution is 5.85. The number of aromatic hydroxyl groups is 1. The van der Waals surface area contributed by atoms with E-state index in [1.807, 2.05) is 37.3 Å². The van der Waals surface area contributed by atoms with Gasteiger partial charge < -0.3 is 25.0 Å². The molecule has 0 radical (unpaired) electrons. The molecule has 0 saturated heterocycles. The van der Waals surface area contributed by atoms with Gasteiger partial charge >= 0.3 is 5.97 Å². The second-order valence-electron chi connectivity index (χ2n) is 7.72. The molecule has 0 unspecified atom stereocenters. The van der Waals surface area contributed by atoms with Gasteiger partial charge in [-0.15, -0.1) is 12.4 Å². The molecule has 3 rings (SSSR count). The number of halogens is 2. The van der Waals surface area contributed by atoms with E-state index >= 15 is 0 Å². The van der Waals surface area contributed by atoms with Crippen molar-refractivity contribution >= 4 is 18.4 Å². The number of carbonyl (C=O) groups excluding carboxylic acids is 1. The fourth-order valence-electron chi connectivity index (χ4n) is 3.25. The minimum atomic E-state index is -0.757. The van der Waals surface area contributed by atoms with Crippen LogP contribution in [0.2, 0.25) is 0 Å². The number of hydrogen-bond acceptors (Lipinski definition) is 6. The summed E-state index contributed by atoms with van der Waals surface area (Å²) in [5.74, 6) is -0.581. The number of hydrogen-bond donors (Lipinski definition) is 3. The molecular weight excluding hydrogens is 461 g/mol. The maximum absolute atomic E-state index is 14.4. The number of benzene rings is 3. The van der Waals surface area contributed by atoms with Crippen molar-refractivity contribution in [2.75, 3.05) is 13.2 Å². The van der Waals surface area contributed by atoms with Gasteiger partial charge in [-0.3, -0.25) is 0 Å². The van der Waals surface area contributed by atoms with Gasteiger partial charge in [-0.25, -0.2) is 9.18 Å². The van der Waals surface area contributed by atoms with Crippen LogP contribution in [0.3, 0.4) is 0 Å². The van der Waals surface area contributed by atoms with Crippen molar-refractivity contribution in [3.63, 3.8) is 0 Å². The van der Waals surface area contributed by atoms with E-state index in [-0.39, 0.29) is 43.2 Å². The van der Waals surface area contributed by atoms with Crippen molar-refractivity contribution in [3.8, 4) is 11.5 Å². The Hall–Kier alpha value is -3.13. The molecule has 0 fully saturated rings. The van der Waals surface area contributed by atoms with E-state index in [1.165, 1.54) is 18.2 Å². The van der Waals surface area contributed by atoms with Crippen LogP contribution in [-0.2, 0) is 22.6 Å². The van der Waals surface area contributed by atoms with Crippen molar-refractivity contribution in [1.29, 1.82) is 0 Å². The monoisotopic (exact) mass is 489 g/mol. The summed E-state index contributed by atoms with van der Waals surface area (Å²) in [6.07, 6.45) is -0.342. The third kappa shape index (κ3) is 8.33. The van der Waals surface area contributed by atoms with Crippen molar-refractivity contribution in [3.05, 3.63) is 95.3 Å². The van der Waals surface area contributed by atoms with Crippen molar-refractivity contribution < 1.29 is 28.9 Å². The smallest absolute Gasteiger partial charge is 0.344 e. The van der Waals surface area contributed by atoms with Gasteiger partial charge in [-0.05, 0) is 54.8 Å². The SMILES string of the molecule is C[C@H](NCCc1ccc(OCC(=O)OCc2ccccc2)cc1F)[C@H](O)c1ccc(O)cc1.Cl. The van der Waals surface area contributed by atoms with Gasteiger partial charge in [0.1, 0.15) is 23.9 Å². The summed E-state index contributed by atoms with van der Waals surface area (Å²) in [5.41, 5.74) is 2.05. The van der Waals surface area contributed by atoms with E-state index in [4.69, 9.17) is 9.47 Å². The average Bonchev–Trinajstić information content (AvgIpc) is 2.83. The first-order valence-corrected chi connectivity index (χ1v) is 10.7. The van der Waals surface area contributed by atoms with Crippen molar-refractivity contribution in [2.24, 2.45) is 0 Å². The highest BCUT2D eigenvalue weighted by atomic mass is 35.5. The van der Waals surface area contributed by atoms with Gasteiger partial charge in [0.05, 0.1) is 6.10 Å². The van der Waals surface area contributed by atoms with Crippen LogP contribution in [-0.4, -0.2) is 35.4 Å². The summed E-state index contributed by atoms with van der Waals surface area (Å²) in [6.45, 7) is 2.14. The average molecular weight is 490 g/mol. The van der Waals surface area contributed by atoms with E-state index in [9.17, 15) is 19.4 Å². The Bertz CT molecular complexity index is 1030. The summed E-state index contributed by atoms with van der Waals surface area (Å²) >= 11 is 0. The van der Waals surface area contributed by atoms with Crippen molar-refractivity contribution in [1.82, 2.24) is 5.32 Å². The van der Waals surface area contributed by atoms with Crippen LogP contribution in [0.15, 0.2) is 72.8 Å². The molecule has 0 spiro atoms. The van der Waals surface area contributed by atoms with E-state index in [0.29, 0.717) is 24.1 Å². The molecule has 3 N–H and O–H groups in total. The van der Waals surface area contributed by atoms with Crippen LogP contribution in [0.5, 0.6) is 11.5 Å². The molecule has 0 heterocycles. The summed E-state index contributed by atoms with van der Waals surface area (Å²) in [7, 11) is 0. The number of esters is 1. The lowest BCUT2D eigenvalue weighted by atomic mass is 10.0. The van der Waals surface area contributed by atoms with Gasteiger partial charge in [-0.2, -0.15) is 0 Å². The first-order chi connectivity index (χ1) is 15.9. The molecule has 0 aliphatic rings. The number of nitrogens with one attached hydrogen (secondary N) is 1. The fraction of sp³-hybridized carbons (Fsp3) is 0.269. The topological polar surface area (TPSA) is 88.0 Å². The summed E-state index contributed by atoms with van der Waals surface area (Å²) in [4.78, 5) is 11.8. The van der Waals surface area contributed by atoms with Crippen LogP contribution < -0.4 is 10.1 Å². The van der Waals surface area contributed by atoms with Crippen LogP contribution >= 0.6 is 12.4 Å². The Labute approximate surface area is 204 Å². The molecule has 0 aromatic heterocycles. The fourth-order valence-corrected chi connectivity index (χ4v) is 3.25. The highest BCUT2D eigenvalue weighted by Crippen LogP contribution is 2.20. The number of phenols is 1. The van der Waals surface area contributed by atoms with Crippen molar-refractivity contribution in [2.45, 2.75) is 32.1 Å². The van der Waals surface area contributed by atoms with E-state index < -0.39 is 17.9 Å². The Kier molecular flexibility index (Phi) is 10.8. The largest absolute Gasteiger partial charge is 0.508 e. The number of aliphatic hydroxyl groups is 1. The molecule has 0 amide bonds. The van der Waals surface area contributed by atoms with Gasteiger partial charge in [0, 0.05) is 12.1 Å². The standard InChI is InChI=1S/C26H28FNO5.ClH/c1-18(26(31)21-7-10-22(29)11-8-21)28-14-13-20-9-12-23(15-24(20)27)32-17-25(30)33-16-19-5-3-2-4-6-19;/h2-12,15,18,26,28-29,31H,13-14,16-17H2,1H3;1H/t18-,26-;/m0./s1. The summed E-state index contributed by atoms with van der Waals surface area (Å²) in [6, 6.07) is 19.9. The third-order valence-corrected chi connectivity index (χ3v) is 5.19. The molecule has 0 aliphatic heterocycles. The van der Waals surface area contributed by atoms with Gasteiger partial charge in [0.15, 0.2) is 6.61 Å². The number of carbonyl (C=O) groups is 1. The zero-order valence-corrected chi connectivity index (χ0v) is 19.6. The molecular formula is C26H29ClFNO5. The lowest BCUT2D eigenvalue weighted by Crippen LogP contribution is -2.33. The minimum Gasteiger partial charge on any atom is -0.508 e. The highest BCUT2D eigenvalue weighted by Gasteiger charge is 2.16. The second-order valence-corrected chi connectivity index (χ2v) is 7.72. The Balaban J connectivity index is 0.00000408. The number of aliphatic hydroxyl groups excluding tert-OH is 1. The molecule has 2 atom stereocenters. The zero-order chi connectivity index (χ0) is 23.6. The zero-order valence-electron chi connectivity index (χ0n) is 18.8. The molecule has 34 heavy (non-hydrogen) atoms. The molecule has 182 valence electrons. The third-order valence-electron chi connectivity index (χ3n) is 5.19. The Morgan fingerprint density at radius 3 is 2.44 bits per heavy atom.